The number of nitrogens with zero attached hydrogens (tertiary/aromatic N) is 1. The number of rotatable bonds is 4. The summed E-state index contributed by atoms with van der Waals surface area (Å²) >= 11 is 0. The Balaban J connectivity index is 2.28. The molecule has 110 valence electrons. The van der Waals surface area contributed by atoms with Crippen molar-refractivity contribution in [1.82, 2.24) is 0 Å². The Hall–Kier alpha value is -2.57. The van der Waals surface area contributed by atoms with Crippen molar-refractivity contribution in [1.29, 1.82) is 0 Å². The van der Waals surface area contributed by atoms with E-state index < -0.39 is 28.4 Å². The van der Waals surface area contributed by atoms with Crippen molar-refractivity contribution in [2.24, 2.45) is 0 Å². The number of non-ortho nitro benzene ring substituents is 1. The van der Waals surface area contributed by atoms with Crippen LogP contribution in [0, 0.1) is 27.6 Å². The average molecular weight is 296 g/mol. The molecule has 0 aromatic heterocycles. The van der Waals surface area contributed by atoms with Gasteiger partial charge in [-0.1, -0.05) is 12.1 Å². The van der Waals surface area contributed by atoms with Crippen LogP contribution < -0.4 is 5.32 Å². The number of hydrogen-bond donors (Lipinski definition) is 1. The fraction of sp³-hybridized carbons (Fsp3) is 0.143. The third-order valence-electron chi connectivity index (χ3n) is 2.95. The van der Waals surface area contributed by atoms with E-state index in [1.54, 1.807) is 13.0 Å². The molecule has 2 rings (SSSR count). The van der Waals surface area contributed by atoms with Crippen LogP contribution in [0.5, 0.6) is 0 Å². The van der Waals surface area contributed by atoms with Gasteiger partial charge in [-0.25, -0.2) is 13.2 Å². The quantitative estimate of drug-likeness (QED) is 0.523. The highest BCUT2D eigenvalue weighted by Crippen LogP contribution is 2.26. The Morgan fingerprint density at radius 1 is 1.19 bits per heavy atom. The van der Waals surface area contributed by atoms with Crippen LogP contribution >= 0.6 is 0 Å². The van der Waals surface area contributed by atoms with E-state index in [1.807, 2.05) is 0 Å². The first-order valence-corrected chi connectivity index (χ1v) is 6.04. The zero-order chi connectivity index (χ0) is 15.6. The van der Waals surface area contributed by atoms with Crippen LogP contribution in [-0.4, -0.2) is 4.92 Å². The third-order valence-corrected chi connectivity index (χ3v) is 2.95. The van der Waals surface area contributed by atoms with Gasteiger partial charge >= 0.3 is 0 Å². The molecule has 0 aliphatic heterocycles. The summed E-state index contributed by atoms with van der Waals surface area (Å²) in [6.07, 6.45) is 0. The smallest absolute Gasteiger partial charge is 0.269 e. The average Bonchev–Trinajstić information content (AvgIpc) is 2.44. The van der Waals surface area contributed by atoms with Crippen LogP contribution in [-0.2, 0) is 0 Å². The Bertz CT molecular complexity index is 692. The second kappa shape index (κ2) is 5.82. The second-order valence-electron chi connectivity index (χ2n) is 4.47. The molecule has 4 nitrogen and oxygen atoms in total. The van der Waals surface area contributed by atoms with Gasteiger partial charge in [0.25, 0.3) is 5.69 Å². The maximum Gasteiger partial charge on any atom is 0.269 e. The molecule has 1 unspecified atom stereocenters. The van der Waals surface area contributed by atoms with Crippen LogP contribution in [0.2, 0.25) is 0 Å². The number of benzene rings is 2. The summed E-state index contributed by atoms with van der Waals surface area (Å²) in [6, 6.07) is 6.40. The number of anilines is 1. The second-order valence-corrected chi connectivity index (χ2v) is 4.47. The van der Waals surface area contributed by atoms with E-state index in [4.69, 9.17) is 0 Å². The minimum Gasteiger partial charge on any atom is -0.376 e. The zero-order valence-corrected chi connectivity index (χ0v) is 10.9. The molecule has 0 saturated heterocycles. The lowest BCUT2D eigenvalue weighted by Gasteiger charge is -2.16. The summed E-state index contributed by atoms with van der Waals surface area (Å²) in [4.78, 5) is 10.1. The van der Waals surface area contributed by atoms with E-state index in [9.17, 15) is 23.3 Å². The van der Waals surface area contributed by atoms with E-state index in [0.717, 1.165) is 6.07 Å². The van der Waals surface area contributed by atoms with Gasteiger partial charge in [0.2, 0.25) is 0 Å². The highest BCUT2D eigenvalue weighted by atomic mass is 19.2. The van der Waals surface area contributed by atoms with Gasteiger partial charge in [-0.15, -0.1) is 0 Å². The van der Waals surface area contributed by atoms with Crippen molar-refractivity contribution in [3.05, 3.63) is 69.5 Å². The summed E-state index contributed by atoms with van der Waals surface area (Å²) in [5.41, 5.74) is 0.0341. The Kier molecular flexibility index (Phi) is 4.11. The summed E-state index contributed by atoms with van der Waals surface area (Å²) in [7, 11) is 0. The summed E-state index contributed by atoms with van der Waals surface area (Å²) < 4.78 is 39.8. The van der Waals surface area contributed by atoms with Gasteiger partial charge in [0.15, 0.2) is 11.6 Å². The van der Waals surface area contributed by atoms with Crippen LogP contribution in [0.4, 0.5) is 24.5 Å². The van der Waals surface area contributed by atoms with Gasteiger partial charge in [-0.3, -0.25) is 10.1 Å². The fourth-order valence-electron chi connectivity index (χ4n) is 1.89. The largest absolute Gasteiger partial charge is 0.376 e. The lowest BCUT2D eigenvalue weighted by molar-refractivity contribution is -0.384. The van der Waals surface area contributed by atoms with Gasteiger partial charge < -0.3 is 5.32 Å². The van der Waals surface area contributed by atoms with Crippen LogP contribution in [0.15, 0.2) is 36.4 Å². The Morgan fingerprint density at radius 3 is 2.57 bits per heavy atom. The van der Waals surface area contributed by atoms with E-state index in [-0.39, 0.29) is 11.4 Å². The highest BCUT2D eigenvalue weighted by Gasteiger charge is 2.15. The maximum absolute atomic E-state index is 13.6. The monoisotopic (exact) mass is 296 g/mol. The highest BCUT2D eigenvalue weighted by molar-refractivity contribution is 5.48. The molecule has 2 aromatic rings. The number of nitro groups is 1. The molecular formula is C14H11F3N2O2. The predicted molar refractivity (Wildman–Crippen MR) is 71.5 cm³/mol. The van der Waals surface area contributed by atoms with E-state index >= 15 is 0 Å². The minimum absolute atomic E-state index is 0.118. The summed E-state index contributed by atoms with van der Waals surface area (Å²) in [6.45, 7) is 1.60. The molecule has 0 amide bonds. The normalized spacial score (nSPS) is 12.0. The first kappa shape index (κ1) is 14.8. The number of nitrogens with one attached hydrogen (secondary N) is 1. The number of hydrogen-bond acceptors (Lipinski definition) is 3. The van der Waals surface area contributed by atoms with Crippen molar-refractivity contribution < 1.29 is 18.1 Å². The van der Waals surface area contributed by atoms with E-state index in [0.29, 0.717) is 11.6 Å². The van der Waals surface area contributed by atoms with Crippen molar-refractivity contribution >= 4 is 11.4 Å². The number of halogens is 3. The molecule has 0 aliphatic carbocycles. The predicted octanol–water partition coefficient (Wildman–Crippen LogP) is 4.19. The van der Waals surface area contributed by atoms with Crippen LogP contribution in [0.25, 0.3) is 0 Å². The third kappa shape index (κ3) is 3.31. The molecule has 7 heteroatoms. The topological polar surface area (TPSA) is 55.2 Å². The minimum atomic E-state index is -1.30. The Morgan fingerprint density at radius 2 is 1.90 bits per heavy atom. The molecule has 0 heterocycles. The van der Waals surface area contributed by atoms with Crippen molar-refractivity contribution in [2.75, 3.05) is 5.32 Å². The fourth-order valence-corrected chi connectivity index (χ4v) is 1.89. The van der Waals surface area contributed by atoms with Gasteiger partial charge in [0.05, 0.1) is 10.6 Å². The molecule has 1 N–H and O–H groups in total. The number of nitro benzene ring substituents is 1. The molecule has 0 bridgehead atoms. The summed E-state index contributed by atoms with van der Waals surface area (Å²) in [5, 5.41) is 13.3. The molecule has 21 heavy (non-hydrogen) atoms. The first-order valence-electron chi connectivity index (χ1n) is 6.04. The molecule has 0 fully saturated rings. The molecule has 0 spiro atoms. The van der Waals surface area contributed by atoms with Gasteiger partial charge in [-0.2, -0.15) is 0 Å². The van der Waals surface area contributed by atoms with Gasteiger partial charge in [0.1, 0.15) is 5.82 Å². The lowest BCUT2D eigenvalue weighted by atomic mass is 10.1. The van der Waals surface area contributed by atoms with E-state index in [1.165, 1.54) is 18.2 Å². The zero-order valence-electron chi connectivity index (χ0n) is 10.9. The SMILES string of the molecule is CC(Nc1cc(F)cc(F)c1F)c1cccc([N+](=O)[O-])c1. The Labute approximate surface area is 118 Å². The molecule has 0 radical (unpaired) electrons. The maximum atomic E-state index is 13.6. The lowest BCUT2D eigenvalue weighted by Crippen LogP contribution is -2.09. The van der Waals surface area contributed by atoms with Crippen molar-refractivity contribution in [2.45, 2.75) is 13.0 Å². The van der Waals surface area contributed by atoms with Gasteiger partial charge in [0, 0.05) is 30.3 Å². The van der Waals surface area contributed by atoms with Crippen molar-refractivity contribution in [3.8, 4) is 0 Å². The van der Waals surface area contributed by atoms with Crippen molar-refractivity contribution in [3.63, 3.8) is 0 Å². The standard InChI is InChI=1S/C14H11F3N2O2/c1-8(9-3-2-4-11(5-9)19(20)21)18-13-7-10(15)6-12(16)14(13)17/h2-8,18H,1H3. The van der Waals surface area contributed by atoms with Crippen LogP contribution in [0.3, 0.4) is 0 Å². The molecule has 0 saturated carbocycles. The van der Waals surface area contributed by atoms with Gasteiger partial charge in [-0.05, 0) is 12.5 Å². The first-order chi connectivity index (χ1) is 9.88. The molecule has 2 aromatic carbocycles. The van der Waals surface area contributed by atoms with E-state index in [2.05, 4.69) is 5.32 Å². The molecule has 0 aliphatic rings. The van der Waals surface area contributed by atoms with Crippen LogP contribution in [0.1, 0.15) is 18.5 Å². The summed E-state index contributed by atoms with van der Waals surface area (Å²) in [5.74, 6) is -3.42. The molecular weight excluding hydrogens is 285 g/mol. The molecule has 1 atom stereocenters.